The first-order valence-electron chi connectivity index (χ1n) is 11.9. The number of aromatic nitrogens is 2. The summed E-state index contributed by atoms with van der Waals surface area (Å²) < 4.78 is 5.46. The van der Waals surface area contributed by atoms with Crippen molar-refractivity contribution in [1.29, 1.82) is 0 Å². The molecule has 9 nitrogen and oxygen atoms in total. The van der Waals surface area contributed by atoms with E-state index in [1.54, 1.807) is 24.5 Å². The van der Waals surface area contributed by atoms with E-state index < -0.39 is 0 Å². The van der Waals surface area contributed by atoms with Crippen molar-refractivity contribution in [3.63, 3.8) is 0 Å². The number of amides is 1. The Morgan fingerprint density at radius 1 is 1.08 bits per heavy atom. The largest absolute Gasteiger partial charge is 0.494 e. The Kier molecular flexibility index (Phi) is 5.74. The highest BCUT2D eigenvalue weighted by Crippen LogP contribution is 2.33. The fraction of sp³-hybridized carbons (Fsp3) is 0.222. The number of carbonyl (C=O) groups excluding carboxylic acids is 1. The molecule has 1 saturated heterocycles. The molecule has 0 saturated carbocycles. The van der Waals surface area contributed by atoms with Gasteiger partial charge in [-0.1, -0.05) is 6.07 Å². The molecule has 6 rings (SSSR count). The van der Waals surface area contributed by atoms with E-state index in [1.807, 2.05) is 18.2 Å². The van der Waals surface area contributed by atoms with Crippen LogP contribution in [0.25, 0.3) is 10.9 Å². The molecule has 2 aliphatic rings. The molecule has 9 heteroatoms. The average molecular weight is 483 g/mol. The van der Waals surface area contributed by atoms with Gasteiger partial charge in [-0.15, -0.1) is 0 Å². The Morgan fingerprint density at radius 2 is 1.92 bits per heavy atom. The fourth-order valence-corrected chi connectivity index (χ4v) is 4.67. The van der Waals surface area contributed by atoms with Crippen LogP contribution >= 0.6 is 0 Å². The lowest BCUT2D eigenvalue weighted by atomic mass is 10.1. The van der Waals surface area contributed by atoms with Crippen LogP contribution in [-0.2, 0) is 17.8 Å². The lowest BCUT2D eigenvalue weighted by molar-refractivity contribution is 0.0951. The molecule has 4 aromatic rings. The predicted octanol–water partition coefficient (Wildman–Crippen LogP) is 3.41. The van der Waals surface area contributed by atoms with E-state index in [0.717, 1.165) is 48.5 Å². The molecule has 182 valence electrons. The summed E-state index contributed by atoms with van der Waals surface area (Å²) in [6, 6.07) is 15.4. The van der Waals surface area contributed by atoms with Crippen LogP contribution in [-0.4, -0.2) is 53.1 Å². The second-order valence-corrected chi connectivity index (χ2v) is 8.88. The van der Waals surface area contributed by atoms with E-state index in [4.69, 9.17) is 9.73 Å². The summed E-state index contributed by atoms with van der Waals surface area (Å²) in [4.78, 5) is 26.7. The minimum atomic E-state index is -0.192. The Labute approximate surface area is 207 Å². The Bertz CT molecular complexity index is 1460. The number of aliphatic imine (C=N–C) groups is 1. The Hall–Kier alpha value is -4.37. The van der Waals surface area contributed by atoms with Crippen molar-refractivity contribution in [3.05, 3.63) is 83.2 Å². The second kappa shape index (κ2) is 9.35. The van der Waals surface area contributed by atoms with Crippen molar-refractivity contribution in [2.75, 3.05) is 36.5 Å². The third-order valence-corrected chi connectivity index (χ3v) is 6.61. The number of carbonyl (C=O) groups is 1. The van der Waals surface area contributed by atoms with Gasteiger partial charge in [-0.2, -0.15) is 0 Å². The number of aromatic hydroxyl groups is 1. The number of pyridine rings is 1. The van der Waals surface area contributed by atoms with Crippen LogP contribution in [0.4, 0.5) is 11.4 Å². The van der Waals surface area contributed by atoms with Gasteiger partial charge in [0.15, 0.2) is 0 Å². The summed E-state index contributed by atoms with van der Waals surface area (Å²) in [6.45, 7) is 4.17. The number of hydrogen-bond donors (Lipinski definition) is 4. The minimum absolute atomic E-state index is 0.0129. The first-order valence-corrected chi connectivity index (χ1v) is 11.9. The molecule has 1 amide bonds. The molecule has 0 aliphatic carbocycles. The molecule has 0 spiro atoms. The molecule has 2 aromatic carbocycles. The van der Waals surface area contributed by atoms with E-state index in [-0.39, 0.29) is 11.8 Å². The molecule has 4 N–H and O–H groups in total. The van der Waals surface area contributed by atoms with Crippen LogP contribution in [0, 0.1) is 0 Å². The maximum atomic E-state index is 12.7. The smallest absolute Gasteiger partial charge is 0.251 e. The van der Waals surface area contributed by atoms with E-state index in [1.165, 1.54) is 5.69 Å². The molecule has 0 radical (unpaired) electrons. The molecule has 0 unspecified atom stereocenters. The number of nitrogens with zero attached hydrogens (tertiary/aromatic N) is 3. The number of morpholine rings is 1. The number of benzene rings is 2. The summed E-state index contributed by atoms with van der Waals surface area (Å²) in [5.41, 5.74) is 5.98. The number of fused-ring (bicyclic) bond motifs is 2. The normalized spacial score (nSPS) is 15.2. The Balaban J connectivity index is 1.21. The van der Waals surface area contributed by atoms with E-state index in [2.05, 4.69) is 43.7 Å². The van der Waals surface area contributed by atoms with Gasteiger partial charge in [0.05, 0.1) is 25.3 Å². The van der Waals surface area contributed by atoms with Gasteiger partial charge >= 0.3 is 0 Å². The van der Waals surface area contributed by atoms with Crippen LogP contribution in [0.5, 0.6) is 5.88 Å². The second-order valence-electron chi connectivity index (χ2n) is 8.88. The first-order chi connectivity index (χ1) is 17.7. The van der Waals surface area contributed by atoms with Gasteiger partial charge in [-0.25, -0.2) is 0 Å². The molecule has 0 atom stereocenters. The van der Waals surface area contributed by atoms with Crippen LogP contribution in [0.1, 0.15) is 27.0 Å². The van der Waals surface area contributed by atoms with Gasteiger partial charge < -0.3 is 30.4 Å². The monoisotopic (exact) mass is 482 g/mol. The van der Waals surface area contributed by atoms with Crippen molar-refractivity contribution in [1.82, 2.24) is 15.3 Å². The summed E-state index contributed by atoms with van der Waals surface area (Å²) in [5.74, 6) is 0.418. The number of nitrogens with one attached hydrogen (secondary N) is 3. The SMILES string of the molecule is O=C(NCc1ccncc1)c1ccc2c(C3=NCc4cc(N5CCOCC5)ccc4N3)c(O)[nH]c2c1. The van der Waals surface area contributed by atoms with Crippen LogP contribution in [0.15, 0.2) is 65.9 Å². The third-order valence-electron chi connectivity index (χ3n) is 6.61. The van der Waals surface area contributed by atoms with Crippen molar-refractivity contribution in [3.8, 4) is 5.88 Å². The molecule has 2 aromatic heterocycles. The van der Waals surface area contributed by atoms with Crippen LogP contribution < -0.4 is 15.5 Å². The number of aromatic amines is 1. The van der Waals surface area contributed by atoms with Crippen LogP contribution in [0.2, 0.25) is 0 Å². The molecular weight excluding hydrogens is 456 g/mol. The maximum Gasteiger partial charge on any atom is 0.251 e. The zero-order valence-electron chi connectivity index (χ0n) is 19.6. The highest BCUT2D eigenvalue weighted by Gasteiger charge is 2.22. The van der Waals surface area contributed by atoms with Gasteiger partial charge in [0, 0.05) is 59.9 Å². The zero-order valence-corrected chi connectivity index (χ0v) is 19.6. The topological polar surface area (TPSA) is 115 Å². The summed E-state index contributed by atoms with van der Waals surface area (Å²) >= 11 is 0. The lowest BCUT2D eigenvalue weighted by Crippen LogP contribution is -2.36. The van der Waals surface area contributed by atoms with E-state index in [9.17, 15) is 9.90 Å². The van der Waals surface area contributed by atoms with Crippen molar-refractivity contribution >= 4 is 34.0 Å². The minimum Gasteiger partial charge on any atom is -0.494 e. The first kappa shape index (κ1) is 22.1. The standard InChI is InChI=1S/C27H26N6O3/c34-26(30-15-17-5-7-28-8-6-17)18-1-3-21-23(14-18)32-27(35)24(21)25-29-16-19-13-20(2-4-22(19)31-25)33-9-11-36-12-10-33/h1-8,13-14,32,35H,9-12,15-16H2,(H,29,31)(H,30,34). The molecule has 4 heterocycles. The fourth-order valence-electron chi connectivity index (χ4n) is 4.67. The van der Waals surface area contributed by atoms with Gasteiger partial charge in [0.25, 0.3) is 5.91 Å². The van der Waals surface area contributed by atoms with E-state index >= 15 is 0 Å². The van der Waals surface area contributed by atoms with E-state index in [0.29, 0.717) is 35.6 Å². The number of amidine groups is 1. The summed E-state index contributed by atoms with van der Waals surface area (Å²) in [6.07, 6.45) is 3.39. The number of H-pyrrole nitrogens is 1. The summed E-state index contributed by atoms with van der Waals surface area (Å²) in [7, 11) is 0. The van der Waals surface area contributed by atoms with Crippen molar-refractivity contribution in [2.24, 2.45) is 4.99 Å². The third kappa shape index (κ3) is 4.25. The van der Waals surface area contributed by atoms with Crippen molar-refractivity contribution in [2.45, 2.75) is 13.1 Å². The molecule has 1 fully saturated rings. The van der Waals surface area contributed by atoms with Gasteiger partial charge in [-0.3, -0.25) is 14.8 Å². The number of hydrogen-bond acceptors (Lipinski definition) is 7. The molecule has 0 bridgehead atoms. The highest BCUT2D eigenvalue weighted by atomic mass is 16.5. The van der Waals surface area contributed by atoms with Crippen LogP contribution in [0.3, 0.4) is 0 Å². The molecule has 2 aliphatic heterocycles. The number of ether oxygens (including phenoxy) is 1. The molecule has 36 heavy (non-hydrogen) atoms. The quantitative estimate of drug-likeness (QED) is 0.347. The summed E-state index contributed by atoms with van der Waals surface area (Å²) in [5, 5.41) is 17.8. The average Bonchev–Trinajstić information content (AvgIpc) is 3.27. The molecular formula is C27H26N6O3. The number of rotatable bonds is 5. The Morgan fingerprint density at radius 3 is 2.75 bits per heavy atom. The van der Waals surface area contributed by atoms with Gasteiger partial charge in [0.1, 0.15) is 5.84 Å². The number of anilines is 2. The predicted molar refractivity (Wildman–Crippen MR) is 139 cm³/mol. The maximum absolute atomic E-state index is 12.7. The van der Waals surface area contributed by atoms with Gasteiger partial charge in [-0.05, 0) is 53.6 Å². The van der Waals surface area contributed by atoms with Crippen molar-refractivity contribution < 1.29 is 14.6 Å². The lowest BCUT2D eigenvalue weighted by Gasteiger charge is -2.30. The highest BCUT2D eigenvalue weighted by molar-refractivity contribution is 6.19. The van der Waals surface area contributed by atoms with Gasteiger partial charge in [0.2, 0.25) is 5.88 Å². The zero-order chi connectivity index (χ0) is 24.5.